The van der Waals surface area contributed by atoms with E-state index < -0.39 is 16.4 Å². The highest BCUT2D eigenvalue weighted by Gasteiger charge is 2.39. The molecule has 0 saturated carbocycles. The summed E-state index contributed by atoms with van der Waals surface area (Å²) in [6, 6.07) is 0.810. The van der Waals surface area contributed by atoms with Crippen LogP contribution in [0.1, 0.15) is 41.0 Å². The molecule has 146 valence electrons. The van der Waals surface area contributed by atoms with Crippen LogP contribution in [0.25, 0.3) is 0 Å². The van der Waals surface area contributed by atoms with E-state index in [0.717, 1.165) is 24.0 Å². The van der Waals surface area contributed by atoms with Gasteiger partial charge in [-0.25, -0.2) is 0 Å². The normalized spacial score (nSPS) is 12.7. The van der Waals surface area contributed by atoms with Gasteiger partial charge >= 0.3 is 16.4 Å². The van der Waals surface area contributed by atoms with E-state index in [4.69, 9.17) is 22.3 Å². The first-order valence-corrected chi connectivity index (χ1v) is 13.7. The topological polar surface area (TPSA) is 63.2 Å². The van der Waals surface area contributed by atoms with Crippen LogP contribution in [0, 0.1) is 0 Å². The molecule has 0 fully saturated rings. The van der Waals surface area contributed by atoms with Crippen LogP contribution in [0.4, 0.5) is 0 Å². The maximum atomic E-state index is 12.3. The monoisotopic (exact) mass is 402 g/mol. The summed E-state index contributed by atoms with van der Waals surface area (Å²) in [6.07, 6.45) is 1.40. The first kappa shape index (κ1) is 24.6. The molecule has 0 amide bonds. The third-order valence-corrected chi connectivity index (χ3v) is 9.62. The van der Waals surface area contributed by atoms with Crippen molar-refractivity contribution in [2.24, 2.45) is 0 Å². The summed E-state index contributed by atoms with van der Waals surface area (Å²) in [4.78, 5) is 0. The molecule has 0 heterocycles. The number of thioether (sulfide) groups is 1. The molecule has 0 aliphatic carbocycles. The molecule has 0 saturated heterocycles. The third-order valence-electron chi connectivity index (χ3n) is 3.03. The summed E-state index contributed by atoms with van der Waals surface area (Å²) < 4.78 is 40.4. The quantitative estimate of drug-likeness (QED) is 0.203. The second-order valence-corrected chi connectivity index (χ2v) is 11.0. The van der Waals surface area contributed by atoms with Crippen LogP contribution in [0.3, 0.4) is 0 Å². The lowest BCUT2D eigenvalue weighted by atomic mass is 10.6. The van der Waals surface area contributed by atoms with E-state index in [1.807, 2.05) is 34.6 Å². The van der Waals surface area contributed by atoms with Gasteiger partial charge in [-0.15, -0.1) is 0 Å². The SMILES string of the molecule is CCO[Si](CCCSCCP(=O)(OCC)OCC)(OCC)OCC. The Bertz CT molecular complexity index is 321. The minimum absolute atomic E-state index is 0.410. The first-order valence-electron chi connectivity index (χ1n) is 8.89. The third kappa shape index (κ3) is 10.6. The van der Waals surface area contributed by atoms with E-state index in [1.54, 1.807) is 11.8 Å². The van der Waals surface area contributed by atoms with Gasteiger partial charge in [0.1, 0.15) is 0 Å². The zero-order valence-electron chi connectivity index (χ0n) is 15.9. The highest BCUT2D eigenvalue weighted by molar-refractivity contribution is 7.99. The van der Waals surface area contributed by atoms with Crippen molar-refractivity contribution in [3.05, 3.63) is 0 Å². The lowest BCUT2D eigenvalue weighted by Crippen LogP contribution is -2.46. The standard InChI is InChI=1S/C15H35O6PSSi/c1-6-17-22(16,18-7-2)12-14-23-13-11-15-24(19-8-3,20-9-4)21-10-5/h6-15H2,1-5H3. The van der Waals surface area contributed by atoms with E-state index in [9.17, 15) is 4.57 Å². The zero-order valence-corrected chi connectivity index (χ0v) is 18.6. The molecule has 0 aliphatic rings. The molecule has 0 rings (SSSR count). The van der Waals surface area contributed by atoms with Gasteiger partial charge in [0.05, 0.1) is 19.4 Å². The Morgan fingerprint density at radius 3 is 1.71 bits per heavy atom. The Morgan fingerprint density at radius 1 is 0.792 bits per heavy atom. The second-order valence-electron chi connectivity index (χ2n) is 4.87. The van der Waals surface area contributed by atoms with E-state index in [1.165, 1.54) is 0 Å². The van der Waals surface area contributed by atoms with Gasteiger partial charge in [0.25, 0.3) is 0 Å². The maximum absolute atomic E-state index is 12.3. The smallest absolute Gasteiger partial charge is 0.374 e. The largest absolute Gasteiger partial charge is 0.500 e. The Labute approximate surface area is 153 Å². The van der Waals surface area contributed by atoms with Crippen LogP contribution in [0.15, 0.2) is 0 Å². The molecule has 0 aromatic heterocycles. The molecular formula is C15H35O6PSSi. The van der Waals surface area contributed by atoms with Crippen molar-refractivity contribution in [3.8, 4) is 0 Å². The maximum Gasteiger partial charge on any atom is 0.500 e. The van der Waals surface area contributed by atoms with E-state index >= 15 is 0 Å². The summed E-state index contributed by atoms with van der Waals surface area (Å²) in [5.74, 6) is 1.70. The molecule has 0 aromatic rings. The molecule has 0 aliphatic heterocycles. The van der Waals surface area contributed by atoms with Gasteiger partial charge in [-0.1, -0.05) is 0 Å². The summed E-state index contributed by atoms with van der Waals surface area (Å²) >= 11 is 1.75. The van der Waals surface area contributed by atoms with Crippen LogP contribution >= 0.6 is 19.4 Å². The van der Waals surface area contributed by atoms with Gasteiger partial charge in [-0.2, -0.15) is 11.8 Å². The van der Waals surface area contributed by atoms with Gasteiger partial charge in [-0.05, 0) is 46.8 Å². The van der Waals surface area contributed by atoms with Gasteiger partial charge < -0.3 is 22.3 Å². The fourth-order valence-electron chi connectivity index (χ4n) is 2.23. The van der Waals surface area contributed by atoms with Crippen molar-refractivity contribution in [3.63, 3.8) is 0 Å². The second kappa shape index (κ2) is 14.7. The lowest BCUT2D eigenvalue weighted by molar-refractivity contribution is 0.0712. The minimum atomic E-state index is -2.92. The Morgan fingerprint density at radius 2 is 1.29 bits per heavy atom. The van der Waals surface area contributed by atoms with Gasteiger partial charge in [0.15, 0.2) is 0 Å². The van der Waals surface area contributed by atoms with Gasteiger partial charge in [0.2, 0.25) is 0 Å². The number of hydrogen-bond donors (Lipinski definition) is 0. The van der Waals surface area contributed by atoms with E-state index in [2.05, 4.69) is 0 Å². The summed E-state index contributed by atoms with van der Waals surface area (Å²) in [7, 11) is -5.45. The predicted octanol–water partition coefficient (Wildman–Crippen LogP) is 4.42. The van der Waals surface area contributed by atoms with Crippen molar-refractivity contribution in [2.75, 3.05) is 50.7 Å². The predicted molar refractivity (Wildman–Crippen MR) is 103 cm³/mol. The Hall–Kier alpha value is 0.597. The summed E-state index contributed by atoms with van der Waals surface area (Å²) in [5.41, 5.74) is 0. The molecule has 0 bridgehead atoms. The van der Waals surface area contributed by atoms with Crippen molar-refractivity contribution < 1.29 is 26.9 Å². The van der Waals surface area contributed by atoms with Gasteiger partial charge in [-0.3, -0.25) is 4.57 Å². The average Bonchev–Trinajstić information content (AvgIpc) is 2.52. The lowest BCUT2D eigenvalue weighted by Gasteiger charge is -2.28. The van der Waals surface area contributed by atoms with Crippen molar-refractivity contribution in [1.29, 1.82) is 0 Å². The van der Waals surface area contributed by atoms with Crippen LogP contribution in [-0.2, 0) is 26.9 Å². The van der Waals surface area contributed by atoms with Gasteiger partial charge in [0, 0.05) is 31.6 Å². The van der Waals surface area contributed by atoms with Crippen LogP contribution in [0.2, 0.25) is 6.04 Å². The Balaban J connectivity index is 4.18. The fourth-order valence-corrected chi connectivity index (χ4v) is 8.18. The summed E-state index contributed by atoms with van der Waals surface area (Å²) in [5, 5.41) is 0. The van der Waals surface area contributed by atoms with Crippen LogP contribution in [-0.4, -0.2) is 59.5 Å². The number of hydrogen-bond acceptors (Lipinski definition) is 7. The molecule has 0 aromatic carbocycles. The van der Waals surface area contributed by atoms with Crippen molar-refractivity contribution in [2.45, 2.75) is 47.1 Å². The molecule has 9 heteroatoms. The molecule has 24 heavy (non-hydrogen) atoms. The van der Waals surface area contributed by atoms with Crippen molar-refractivity contribution >= 4 is 28.2 Å². The molecule has 0 spiro atoms. The first-order chi connectivity index (χ1) is 11.5. The highest BCUT2D eigenvalue weighted by Crippen LogP contribution is 2.48. The van der Waals surface area contributed by atoms with Crippen LogP contribution < -0.4 is 0 Å². The highest BCUT2D eigenvalue weighted by atomic mass is 32.2. The molecule has 0 unspecified atom stereocenters. The van der Waals surface area contributed by atoms with Crippen LogP contribution in [0.5, 0.6) is 0 Å². The molecule has 0 N–H and O–H groups in total. The summed E-state index contributed by atoms with van der Waals surface area (Å²) in [6.45, 7) is 12.2. The van der Waals surface area contributed by atoms with E-state index in [0.29, 0.717) is 39.2 Å². The Kier molecular flexibility index (Phi) is 15.1. The molecule has 0 radical (unpaired) electrons. The molecular weight excluding hydrogens is 367 g/mol. The number of rotatable bonds is 17. The molecule has 0 atom stereocenters. The average molecular weight is 403 g/mol. The minimum Gasteiger partial charge on any atom is -0.374 e. The molecule has 6 nitrogen and oxygen atoms in total. The fraction of sp³-hybridized carbons (Fsp3) is 1.00. The van der Waals surface area contributed by atoms with E-state index in [-0.39, 0.29) is 0 Å². The zero-order chi connectivity index (χ0) is 18.3. The van der Waals surface area contributed by atoms with Crippen molar-refractivity contribution in [1.82, 2.24) is 0 Å².